The molecule has 0 aliphatic carbocycles. The van der Waals surface area contributed by atoms with Gasteiger partial charge in [0.05, 0.1) is 0 Å². The van der Waals surface area contributed by atoms with Crippen LogP contribution in [0.15, 0.2) is 29.6 Å². The molecule has 1 saturated heterocycles. The van der Waals surface area contributed by atoms with Crippen molar-refractivity contribution in [1.82, 2.24) is 9.88 Å². The van der Waals surface area contributed by atoms with E-state index in [2.05, 4.69) is 22.0 Å². The lowest BCUT2D eigenvalue weighted by molar-refractivity contribution is -0.0498. The Labute approximate surface area is 148 Å². The van der Waals surface area contributed by atoms with Crippen LogP contribution in [-0.4, -0.2) is 35.5 Å². The minimum absolute atomic E-state index is 0.0446. The van der Waals surface area contributed by atoms with Crippen molar-refractivity contribution in [2.24, 2.45) is 5.92 Å². The Morgan fingerprint density at radius 2 is 2.00 bits per heavy atom. The number of nitrogens with zero attached hydrogens (tertiary/aromatic N) is 2. The number of thiazole rings is 1. The summed E-state index contributed by atoms with van der Waals surface area (Å²) in [4.78, 5) is 18.7. The third-order valence-electron chi connectivity index (χ3n) is 4.12. The Hall–Kier alpha value is -2.22. The van der Waals surface area contributed by atoms with Crippen LogP contribution < -0.4 is 10.1 Å². The maximum Gasteiger partial charge on any atom is 0.387 e. The van der Waals surface area contributed by atoms with Crippen LogP contribution in [0.5, 0.6) is 5.75 Å². The molecular formula is C17H19F2N3O2S. The molecule has 1 aromatic heterocycles. The molecule has 25 heavy (non-hydrogen) atoms. The molecule has 1 fully saturated rings. The lowest BCUT2D eigenvalue weighted by Gasteiger charge is -2.29. The number of hydrogen-bond donors (Lipinski definition) is 1. The van der Waals surface area contributed by atoms with E-state index in [9.17, 15) is 13.6 Å². The van der Waals surface area contributed by atoms with Crippen LogP contribution in [0.4, 0.5) is 19.6 Å². The van der Waals surface area contributed by atoms with Crippen molar-refractivity contribution in [3.05, 3.63) is 35.3 Å². The van der Waals surface area contributed by atoms with E-state index in [1.807, 2.05) is 4.90 Å². The minimum atomic E-state index is -2.84. The van der Waals surface area contributed by atoms with E-state index in [1.165, 1.54) is 23.5 Å². The van der Waals surface area contributed by atoms with E-state index in [1.54, 1.807) is 17.5 Å². The summed E-state index contributed by atoms with van der Waals surface area (Å²) in [5.41, 5.74) is 1.11. The molecule has 0 bridgehead atoms. The van der Waals surface area contributed by atoms with Gasteiger partial charge in [-0.25, -0.2) is 4.98 Å². The number of nitrogens with one attached hydrogen (secondary N) is 1. The first-order valence-electron chi connectivity index (χ1n) is 8.08. The number of alkyl halides is 2. The zero-order chi connectivity index (χ0) is 17.8. The van der Waals surface area contributed by atoms with Crippen molar-refractivity contribution >= 4 is 28.1 Å². The monoisotopic (exact) mass is 367 g/mol. The Balaban J connectivity index is 1.60. The van der Waals surface area contributed by atoms with Crippen molar-refractivity contribution in [2.75, 3.05) is 18.4 Å². The highest BCUT2D eigenvalue weighted by molar-refractivity contribution is 7.14. The molecule has 0 saturated carbocycles. The van der Waals surface area contributed by atoms with Gasteiger partial charge in [-0.1, -0.05) is 6.92 Å². The molecule has 8 heteroatoms. The van der Waals surface area contributed by atoms with E-state index < -0.39 is 6.61 Å². The average molecular weight is 367 g/mol. The molecule has 3 rings (SSSR count). The molecule has 2 aromatic rings. The lowest BCUT2D eigenvalue weighted by atomic mass is 9.99. The highest BCUT2D eigenvalue weighted by Crippen LogP contribution is 2.25. The molecule has 1 N–H and O–H groups in total. The Bertz CT molecular complexity index is 713. The van der Waals surface area contributed by atoms with Crippen LogP contribution in [0.3, 0.4) is 0 Å². The first kappa shape index (κ1) is 17.6. The number of carbonyl (C=O) groups excluding carboxylic acids is 1. The van der Waals surface area contributed by atoms with Crippen LogP contribution >= 0.6 is 11.3 Å². The van der Waals surface area contributed by atoms with Crippen LogP contribution in [-0.2, 0) is 0 Å². The number of benzene rings is 1. The van der Waals surface area contributed by atoms with Gasteiger partial charge in [-0.3, -0.25) is 4.79 Å². The number of rotatable bonds is 5. The smallest absolute Gasteiger partial charge is 0.387 e. The van der Waals surface area contributed by atoms with E-state index in [0.717, 1.165) is 25.9 Å². The zero-order valence-electron chi connectivity index (χ0n) is 13.7. The summed E-state index contributed by atoms with van der Waals surface area (Å²) in [5, 5.41) is 5.38. The number of halogens is 2. The summed E-state index contributed by atoms with van der Waals surface area (Å²) in [6.07, 6.45) is 2.04. The fraction of sp³-hybridized carbons (Fsp3) is 0.412. The fourth-order valence-electron chi connectivity index (χ4n) is 2.65. The lowest BCUT2D eigenvalue weighted by Crippen LogP contribution is -2.38. The number of hydrogen-bond acceptors (Lipinski definition) is 5. The van der Waals surface area contributed by atoms with Crippen molar-refractivity contribution in [3.63, 3.8) is 0 Å². The van der Waals surface area contributed by atoms with Crippen LogP contribution in [0.2, 0.25) is 0 Å². The minimum Gasteiger partial charge on any atom is -0.435 e. The third kappa shape index (κ3) is 4.66. The largest absolute Gasteiger partial charge is 0.435 e. The van der Waals surface area contributed by atoms with Gasteiger partial charge in [-0.15, -0.1) is 11.3 Å². The normalized spacial score (nSPS) is 15.4. The molecule has 1 aliphatic heterocycles. The molecule has 2 heterocycles. The molecular weight excluding hydrogens is 348 g/mol. The quantitative estimate of drug-likeness (QED) is 0.853. The van der Waals surface area contributed by atoms with Gasteiger partial charge in [-0.05, 0) is 43.0 Å². The highest BCUT2D eigenvalue weighted by atomic mass is 32.1. The predicted octanol–water partition coefficient (Wildman–Crippen LogP) is 4.36. The summed E-state index contributed by atoms with van der Waals surface area (Å²) in [7, 11) is 0. The summed E-state index contributed by atoms with van der Waals surface area (Å²) < 4.78 is 28.6. The van der Waals surface area contributed by atoms with E-state index >= 15 is 0 Å². The average Bonchev–Trinajstić information content (AvgIpc) is 3.05. The van der Waals surface area contributed by atoms with Crippen molar-refractivity contribution in [1.29, 1.82) is 0 Å². The first-order chi connectivity index (χ1) is 12.0. The number of ether oxygens (including phenoxy) is 1. The topological polar surface area (TPSA) is 54.5 Å². The summed E-state index contributed by atoms with van der Waals surface area (Å²) in [6, 6.07) is 6.13. The maximum absolute atomic E-state index is 12.5. The van der Waals surface area contributed by atoms with Gasteiger partial charge in [0.1, 0.15) is 11.4 Å². The Morgan fingerprint density at radius 3 is 2.64 bits per heavy atom. The fourth-order valence-corrected chi connectivity index (χ4v) is 3.35. The van der Waals surface area contributed by atoms with Gasteiger partial charge in [-0.2, -0.15) is 8.78 Å². The second kappa shape index (κ2) is 7.77. The standard InChI is InChI=1S/C17H19F2N3O2S/c1-11-6-8-22(9-7-11)15(23)14-10-25-17(21-14)20-12-2-4-13(5-3-12)24-16(18)19/h2-5,10-11,16H,6-9H2,1H3,(H,20,21). The number of likely N-dealkylation sites (tertiary alicyclic amines) is 1. The van der Waals surface area contributed by atoms with Gasteiger partial charge >= 0.3 is 6.61 Å². The molecule has 0 spiro atoms. The van der Waals surface area contributed by atoms with Gasteiger partial charge in [0.2, 0.25) is 0 Å². The van der Waals surface area contributed by atoms with Crippen molar-refractivity contribution in [2.45, 2.75) is 26.4 Å². The number of piperidine rings is 1. The third-order valence-corrected chi connectivity index (χ3v) is 4.88. The SMILES string of the molecule is CC1CCN(C(=O)c2csc(Nc3ccc(OC(F)F)cc3)n2)CC1. The van der Waals surface area contributed by atoms with Crippen LogP contribution in [0.1, 0.15) is 30.3 Å². The first-order valence-corrected chi connectivity index (χ1v) is 8.96. The molecule has 0 unspecified atom stereocenters. The molecule has 5 nitrogen and oxygen atoms in total. The van der Waals surface area contributed by atoms with Gasteiger partial charge in [0, 0.05) is 24.2 Å². The van der Waals surface area contributed by atoms with Crippen LogP contribution in [0.25, 0.3) is 0 Å². The van der Waals surface area contributed by atoms with Crippen molar-refractivity contribution < 1.29 is 18.3 Å². The maximum atomic E-state index is 12.5. The number of aromatic nitrogens is 1. The summed E-state index contributed by atoms with van der Waals surface area (Å²) >= 11 is 1.33. The Morgan fingerprint density at radius 1 is 1.32 bits per heavy atom. The van der Waals surface area contributed by atoms with Gasteiger partial charge in [0.25, 0.3) is 5.91 Å². The summed E-state index contributed by atoms with van der Waals surface area (Å²) in [6.45, 7) is 0.895. The summed E-state index contributed by atoms with van der Waals surface area (Å²) in [5.74, 6) is 0.709. The molecule has 1 amide bonds. The molecule has 1 aliphatic rings. The predicted molar refractivity (Wildman–Crippen MR) is 92.8 cm³/mol. The highest BCUT2D eigenvalue weighted by Gasteiger charge is 2.23. The molecule has 0 atom stereocenters. The number of amides is 1. The van der Waals surface area contributed by atoms with Crippen LogP contribution in [0, 0.1) is 5.92 Å². The van der Waals surface area contributed by atoms with Crippen molar-refractivity contribution in [3.8, 4) is 5.75 Å². The molecule has 134 valence electrons. The molecule has 0 radical (unpaired) electrons. The number of carbonyl (C=O) groups is 1. The number of anilines is 2. The van der Waals surface area contributed by atoms with E-state index in [4.69, 9.17) is 0 Å². The van der Waals surface area contributed by atoms with E-state index in [-0.39, 0.29) is 11.7 Å². The zero-order valence-corrected chi connectivity index (χ0v) is 14.6. The second-order valence-corrected chi connectivity index (χ2v) is 6.90. The molecule has 1 aromatic carbocycles. The van der Waals surface area contributed by atoms with Gasteiger partial charge in [0.15, 0.2) is 5.13 Å². The Kier molecular flexibility index (Phi) is 5.47. The van der Waals surface area contributed by atoms with E-state index in [0.29, 0.717) is 22.4 Å². The second-order valence-electron chi connectivity index (χ2n) is 6.04. The van der Waals surface area contributed by atoms with Gasteiger partial charge < -0.3 is 15.0 Å².